The number of anilines is 2. The van der Waals surface area contributed by atoms with Crippen LogP contribution in [0.2, 0.25) is 5.02 Å². The van der Waals surface area contributed by atoms with Crippen LogP contribution in [0.5, 0.6) is 0 Å². The van der Waals surface area contributed by atoms with Gasteiger partial charge in [-0.2, -0.15) is 13.2 Å². The summed E-state index contributed by atoms with van der Waals surface area (Å²) in [6, 6.07) is 7.89. The van der Waals surface area contributed by atoms with E-state index >= 15 is 0 Å². The van der Waals surface area contributed by atoms with E-state index in [4.69, 9.17) is 16.7 Å². The standard InChI is InChI=1S/C20H20ClF3N2O2S/c21-15-7-5-13(19(27)28)11-18(15)29-25-16-12-14(20(22,23)24)6-8-17(16)26-9-3-1-2-4-10-26/h5-8,11-12,25H,1-4,9-10H2,(H,27,28). The Hall–Kier alpha value is -2.06. The first-order valence-electron chi connectivity index (χ1n) is 9.17. The molecule has 156 valence electrons. The van der Waals surface area contributed by atoms with Gasteiger partial charge in [-0.1, -0.05) is 24.4 Å². The van der Waals surface area contributed by atoms with E-state index in [2.05, 4.69) is 9.62 Å². The molecule has 0 saturated carbocycles. The molecule has 3 rings (SSSR count). The number of alkyl halides is 3. The number of carboxylic acid groups (broad SMARTS) is 1. The first kappa shape index (κ1) is 21.6. The minimum Gasteiger partial charge on any atom is -0.478 e. The van der Waals surface area contributed by atoms with Crippen molar-refractivity contribution in [2.24, 2.45) is 0 Å². The molecular weight excluding hydrogens is 425 g/mol. The smallest absolute Gasteiger partial charge is 0.416 e. The van der Waals surface area contributed by atoms with Gasteiger partial charge in [0, 0.05) is 18.0 Å². The van der Waals surface area contributed by atoms with Gasteiger partial charge in [0.1, 0.15) is 0 Å². The molecule has 1 fully saturated rings. The van der Waals surface area contributed by atoms with Crippen molar-refractivity contribution in [2.75, 3.05) is 22.7 Å². The van der Waals surface area contributed by atoms with Crippen molar-refractivity contribution in [1.82, 2.24) is 0 Å². The molecule has 1 heterocycles. The molecule has 0 unspecified atom stereocenters. The van der Waals surface area contributed by atoms with Gasteiger partial charge in [-0.25, -0.2) is 4.79 Å². The Morgan fingerprint density at radius 3 is 2.38 bits per heavy atom. The number of hydrogen-bond acceptors (Lipinski definition) is 4. The fourth-order valence-electron chi connectivity index (χ4n) is 3.21. The number of aromatic carboxylic acids is 1. The lowest BCUT2D eigenvalue weighted by atomic mass is 10.1. The lowest BCUT2D eigenvalue weighted by Gasteiger charge is -2.26. The number of nitrogens with one attached hydrogen (secondary N) is 1. The molecule has 29 heavy (non-hydrogen) atoms. The molecule has 0 aromatic heterocycles. The molecule has 0 spiro atoms. The average molecular weight is 445 g/mol. The third-order valence-electron chi connectivity index (χ3n) is 4.72. The monoisotopic (exact) mass is 444 g/mol. The van der Waals surface area contributed by atoms with Crippen LogP contribution in [0, 0.1) is 0 Å². The summed E-state index contributed by atoms with van der Waals surface area (Å²) in [7, 11) is 0. The highest BCUT2D eigenvalue weighted by Gasteiger charge is 2.31. The Kier molecular flexibility index (Phi) is 6.85. The zero-order chi connectivity index (χ0) is 21.0. The number of carboxylic acids is 1. The van der Waals surface area contributed by atoms with Crippen LogP contribution in [0.4, 0.5) is 24.5 Å². The van der Waals surface area contributed by atoms with E-state index in [1.165, 1.54) is 24.3 Å². The van der Waals surface area contributed by atoms with Gasteiger partial charge in [0.05, 0.1) is 27.5 Å². The van der Waals surface area contributed by atoms with Gasteiger partial charge in [-0.15, -0.1) is 0 Å². The maximum absolute atomic E-state index is 13.2. The number of benzene rings is 2. The maximum Gasteiger partial charge on any atom is 0.416 e. The zero-order valence-electron chi connectivity index (χ0n) is 15.4. The fraction of sp³-hybridized carbons (Fsp3) is 0.350. The summed E-state index contributed by atoms with van der Waals surface area (Å²) < 4.78 is 42.7. The van der Waals surface area contributed by atoms with Crippen LogP contribution in [0.3, 0.4) is 0 Å². The molecule has 0 aliphatic carbocycles. The minimum absolute atomic E-state index is 0.0514. The molecule has 1 aliphatic rings. The number of rotatable bonds is 5. The van der Waals surface area contributed by atoms with E-state index in [9.17, 15) is 18.0 Å². The van der Waals surface area contributed by atoms with Crippen molar-refractivity contribution >= 4 is 40.9 Å². The lowest BCUT2D eigenvalue weighted by molar-refractivity contribution is -0.137. The number of carbonyl (C=O) groups is 1. The third kappa shape index (κ3) is 5.51. The second-order valence-electron chi connectivity index (χ2n) is 6.79. The van der Waals surface area contributed by atoms with Gasteiger partial charge in [0.2, 0.25) is 0 Å². The molecule has 1 aliphatic heterocycles. The molecule has 0 atom stereocenters. The summed E-state index contributed by atoms with van der Waals surface area (Å²) in [5.74, 6) is -1.10. The molecule has 0 amide bonds. The number of halogens is 4. The molecule has 9 heteroatoms. The third-order valence-corrected chi connectivity index (χ3v) is 6.04. The Balaban J connectivity index is 1.91. The second kappa shape index (κ2) is 9.17. The highest BCUT2D eigenvalue weighted by atomic mass is 35.5. The Morgan fingerprint density at radius 1 is 1.07 bits per heavy atom. The van der Waals surface area contributed by atoms with Gasteiger partial charge in [0.25, 0.3) is 0 Å². The van der Waals surface area contributed by atoms with Crippen LogP contribution >= 0.6 is 23.5 Å². The van der Waals surface area contributed by atoms with Crippen LogP contribution in [0.25, 0.3) is 0 Å². The Morgan fingerprint density at radius 2 is 1.76 bits per heavy atom. The lowest BCUT2D eigenvalue weighted by Crippen LogP contribution is -2.24. The minimum atomic E-state index is -4.46. The molecule has 4 nitrogen and oxygen atoms in total. The van der Waals surface area contributed by atoms with Crippen molar-refractivity contribution in [2.45, 2.75) is 36.8 Å². The van der Waals surface area contributed by atoms with Crippen molar-refractivity contribution < 1.29 is 23.1 Å². The zero-order valence-corrected chi connectivity index (χ0v) is 17.0. The predicted molar refractivity (Wildman–Crippen MR) is 110 cm³/mol. The highest BCUT2D eigenvalue weighted by Crippen LogP contribution is 2.39. The Labute approximate surface area is 176 Å². The van der Waals surface area contributed by atoms with Gasteiger partial charge >= 0.3 is 12.1 Å². The van der Waals surface area contributed by atoms with E-state index in [0.29, 0.717) is 21.3 Å². The predicted octanol–water partition coefficient (Wildman–Crippen LogP) is 6.56. The van der Waals surface area contributed by atoms with E-state index in [0.717, 1.165) is 62.9 Å². The van der Waals surface area contributed by atoms with E-state index < -0.39 is 17.7 Å². The molecule has 1 saturated heterocycles. The molecule has 2 aromatic rings. The quantitative estimate of drug-likeness (QED) is 0.511. The van der Waals surface area contributed by atoms with E-state index in [1.54, 1.807) is 0 Å². The van der Waals surface area contributed by atoms with Crippen LogP contribution in [0.15, 0.2) is 41.3 Å². The molecule has 2 aromatic carbocycles. The number of nitrogens with zero attached hydrogens (tertiary/aromatic N) is 1. The summed E-state index contributed by atoms with van der Waals surface area (Å²) >= 11 is 7.13. The van der Waals surface area contributed by atoms with Gasteiger partial charge in [-0.3, -0.25) is 0 Å². The highest BCUT2D eigenvalue weighted by molar-refractivity contribution is 8.00. The SMILES string of the molecule is O=C(O)c1ccc(Cl)c(SNc2cc(C(F)(F)F)ccc2N2CCCCCC2)c1. The molecule has 2 N–H and O–H groups in total. The first-order chi connectivity index (χ1) is 13.8. The normalized spacial score (nSPS) is 15.1. The van der Waals surface area contributed by atoms with Crippen LogP contribution in [0.1, 0.15) is 41.6 Å². The molecule has 0 radical (unpaired) electrons. The van der Waals surface area contributed by atoms with E-state index in [-0.39, 0.29) is 5.56 Å². The average Bonchev–Trinajstić information content (AvgIpc) is 2.95. The summed E-state index contributed by atoms with van der Waals surface area (Å²) in [5, 5.41) is 9.46. The maximum atomic E-state index is 13.2. The largest absolute Gasteiger partial charge is 0.478 e. The van der Waals surface area contributed by atoms with Crippen LogP contribution in [-0.4, -0.2) is 24.2 Å². The van der Waals surface area contributed by atoms with Crippen molar-refractivity contribution in [3.63, 3.8) is 0 Å². The van der Waals surface area contributed by atoms with Crippen LogP contribution < -0.4 is 9.62 Å². The van der Waals surface area contributed by atoms with Crippen molar-refractivity contribution in [3.8, 4) is 0 Å². The summed E-state index contributed by atoms with van der Waals surface area (Å²) in [5.41, 5.74) is 0.321. The van der Waals surface area contributed by atoms with Gasteiger partial charge in [0.15, 0.2) is 0 Å². The van der Waals surface area contributed by atoms with Crippen molar-refractivity contribution in [3.05, 3.63) is 52.5 Å². The first-order valence-corrected chi connectivity index (χ1v) is 10.4. The Bertz CT molecular complexity index is 885. The molecule has 0 bridgehead atoms. The van der Waals surface area contributed by atoms with Gasteiger partial charge < -0.3 is 14.7 Å². The van der Waals surface area contributed by atoms with Crippen molar-refractivity contribution in [1.29, 1.82) is 0 Å². The van der Waals surface area contributed by atoms with E-state index in [1.807, 2.05) is 0 Å². The molecular formula is C20H20ClF3N2O2S. The summed E-state index contributed by atoms with van der Waals surface area (Å²) in [6.07, 6.45) is -0.280. The summed E-state index contributed by atoms with van der Waals surface area (Å²) in [6.45, 7) is 1.56. The topological polar surface area (TPSA) is 52.6 Å². The van der Waals surface area contributed by atoms with Crippen LogP contribution in [-0.2, 0) is 6.18 Å². The van der Waals surface area contributed by atoms with Gasteiger partial charge in [-0.05, 0) is 61.2 Å². The summed E-state index contributed by atoms with van der Waals surface area (Å²) in [4.78, 5) is 13.7. The fourth-order valence-corrected chi connectivity index (χ4v) is 4.17. The second-order valence-corrected chi connectivity index (χ2v) is 8.04. The number of hydrogen-bond donors (Lipinski definition) is 2.